The van der Waals surface area contributed by atoms with Crippen molar-refractivity contribution in [2.24, 2.45) is 11.8 Å². The maximum atomic E-state index is 12.7. The number of hydrogen-bond donors (Lipinski definition) is 0. The van der Waals surface area contributed by atoms with Crippen LogP contribution in [0.4, 0.5) is 0 Å². The van der Waals surface area contributed by atoms with Gasteiger partial charge in [-0.05, 0) is 56.2 Å². The number of unbranched alkanes of at least 4 members (excludes halogenated alkanes) is 1. The second-order valence-electron chi connectivity index (χ2n) is 7.53. The number of likely N-dealkylation sites (N-methyl/N-ethyl adjacent to an activating group) is 1. The van der Waals surface area contributed by atoms with Gasteiger partial charge in [-0.25, -0.2) is 0 Å². The summed E-state index contributed by atoms with van der Waals surface area (Å²) in [7, 11) is 3.79. The number of hydrogen-bond acceptors (Lipinski definition) is 3. The molecule has 1 aromatic heterocycles. The molecule has 0 unspecified atom stereocenters. The van der Waals surface area contributed by atoms with Crippen molar-refractivity contribution < 1.29 is 9.59 Å². The molecule has 0 radical (unpaired) electrons. The number of nitrogens with zero attached hydrogens (tertiary/aromatic N) is 3. The van der Waals surface area contributed by atoms with Crippen molar-refractivity contribution in [1.29, 1.82) is 0 Å². The van der Waals surface area contributed by atoms with Crippen LogP contribution in [-0.4, -0.2) is 53.8 Å². The fourth-order valence-electron chi connectivity index (χ4n) is 3.67. The van der Waals surface area contributed by atoms with Gasteiger partial charge in [-0.15, -0.1) is 0 Å². The topological polar surface area (TPSA) is 53.5 Å². The van der Waals surface area contributed by atoms with E-state index in [9.17, 15) is 9.59 Å². The number of pyridine rings is 1. The van der Waals surface area contributed by atoms with Gasteiger partial charge in [0.2, 0.25) is 11.8 Å². The van der Waals surface area contributed by atoms with Crippen molar-refractivity contribution in [1.82, 2.24) is 14.8 Å². The van der Waals surface area contributed by atoms with E-state index >= 15 is 0 Å². The lowest BCUT2D eigenvalue weighted by Crippen LogP contribution is -2.39. The Bertz CT molecular complexity index is 568. The van der Waals surface area contributed by atoms with E-state index in [1.54, 1.807) is 12.4 Å². The molecule has 0 aromatic carbocycles. The lowest BCUT2D eigenvalue weighted by atomic mass is 9.80. The monoisotopic (exact) mass is 359 g/mol. The molecule has 1 heterocycles. The zero-order valence-electron chi connectivity index (χ0n) is 16.5. The number of carbonyl (C=O) groups is 2. The number of aromatic nitrogens is 1. The van der Waals surface area contributed by atoms with Gasteiger partial charge in [-0.3, -0.25) is 14.6 Å². The molecular weight excluding hydrogens is 326 g/mol. The van der Waals surface area contributed by atoms with Gasteiger partial charge in [0.05, 0.1) is 0 Å². The molecule has 5 heteroatoms. The molecule has 1 saturated carbocycles. The van der Waals surface area contributed by atoms with Crippen molar-refractivity contribution in [3.63, 3.8) is 0 Å². The molecule has 1 aliphatic rings. The van der Waals surface area contributed by atoms with Crippen molar-refractivity contribution in [2.75, 3.05) is 27.2 Å². The number of carbonyl (C=O) groups excluding carboxylic acids is 2. The van der Waals surface area contributed by atoms with Crippen LogP contribution in [0, 0.1) is 11.8 Å². The molecule has 0 saturated heterocycles. The van der Waals surface area contributed by atoms with Crippen LogP contribution in [0.15, 0.2) is 24.5 Å². The average Bonchev–Trinajstić information content (AvgIpc) is 2.70. The minimum Gasteiger partial charge on any atom is -0.346 e. The highest BCUT2D eigenvalue weighted by molar-refractivity contribution is 5.81. The summed E-state index contributed by atoms with van der Waals surface area (Å²) in [5.74, 6) is 0.658. The van der Waals surface area contributed by atoms with Gasteiger partial charge >= 0.3 is 0 Å². The van der Waals surface area contributed by atoms with E-state index in [-0.39, 0.29) is 23.7 Å². The third-order valence-corrected chi connectivity index (χ3v) is 5.51. The van der Waals surface area contributed by atoms with Crippen molar-refractivity contribution in [2.45, 2.75) is 51.9 Å². The SMILES string of the molecule is CCCCN(C)C(=O)C1CCC(C(=O)N(C)CCc2ccncc2)CC1. The summed E-state index contributed by atoms with van der Waals surface area (Å²) in [6, 6.07) is 3.98. The molecule has 144 valence electrons. The first-order chi connectivity index (χ1) is 12.5. The summed E-state index contributed by atoms with van der Waals surface area (Å²) in [6.45, 7) is 3.70. The average molecular weight is 360 g/mol. The van der Waals surface area contributed by atoms with E-state index in [0.29, 0.717) is 0 Å². The van der Waals surface area contributed by atoms with Gasteiger partial charge in [0.1, 0.15) is 0 Å². The van der Waals surface area contributed by atoms with Crippen LogP contribution in [0.25, 0.3) is 0 Å². The van der Waals surface area contributed by atoms with Gasteiger partial charge in [0.25, 0.3) is 0 Å². The fourth-order valence-corrected chi connectivity index (χ4v) is 3.67. The van der Waals surface area contributed by atoms with E-state index in [4.69, 9.17) is 0 Å². The summed E-state index contributed by atoms with van der Waals surface area (Å²) in [6.07, 6.45) is 9.91. The van der Waals surface area contributed by atoms with E-state index in [2.05, 4.69) is 11.9 Å². The standard InChI is InChI=1S/C21H33N3O2/c1-4-5-15-23(2)20(25)18-6-8-19(9-7-18)21(26)24(3)16-12-17-10-13-22-14-11-17/h10-11,13-14,18-19H,4-9,12,15-16H2,1-3H3. The third-order valence-electron chi connectivity index (χ3n) is 5.51. The van der Waals surface area contributed by atoms with Gasteiger partial charge in [0, 0.05) is 51.4 Å². The smallest absolute Gasteiger partial charge is 0.225 e. The molecular formula is C21H33N3O2. The Morgan fingerprint density at radius 2 is 1.46 bits per heavy atom. The highest BCUT2D eigenvalue weighted by Crippen LogP contribution is 2.31. The summed E-state index contributed by atoms with van der Waals surface area (Å²) >= 11 is 0. The second kappa shape index (κ2) is 10.3. The number of amides is 2. The Morgan fingerprint density at radius 3 is 1.96 bits per heavy atom. The second-order valence-corrected chi connectivity index (χ2v) is 7.53. The molecule has 5 nitrogen and oxygen atoms in total. The summed E-state index contributed by atoms with van der Waals surface area (Å²) in [5.41, 5.74) is 1.20. The van der Waals surface area contributed by atoms with Gasteiger partial charge < -0.3 is 9.80 Å². The zero-order valence-corrected chi connectivity index (χ0v) is 16.5. The van der Waals surface area contributed by atoms with E-state index in [1.165, 1.54) is 5.56 Å². The van der Waals surface area contributed by atoms with Gasteiger partial charge in [0.15, 0.2) is 0 Å². The first-order valence-electron chi connectivity index (χ1n) is 9.91. The van der Waals surface area contributed by atoms with E-state index in [0.717, 1.165) is 58.0 Å². The van der Waals surface area contributed by atoms with Crippen molar-refractivity contribution in [3.8, 4) is 0 Å². The van der Waals surface area contributed by atoms with E-state index in [1.807, 2.05) is 36.0 Å². The summed E-state index contributed by atoms with van der Waals surface area (Å²) in [5, 5.41) is 0. The number of rotatable bonds is 8. The first-order valence-corrected chi connectivity index (χ1v) is 9.91. The highest BCUT2D eigenvalue weighted by Gasteiger charge is 2.32. The highest BCUT2D eigenvalue weighted by atomic mass is 16.2. The normalized spacial score (nSPS) is 19.8. The molecule has 1 aromatic rings. The Balaban J connectivity index is 1.75. The maximum absolute atomic E-state index is 12.7. The largest absolute Gasteiger partial charge is 0.346 e. The molecule has 2 rings (SSSR count). The Labute approximate surface area is 157 Å². The van der Waals surface area contributed by atoms with Gasteiger partial charge in [-0.2, -0.15) is 0 Å². The van der Waals surface area contributed by atoms with Crippen LogP contribution in [0.5, 0.6) is 0 Å². The van der Waals surface area contributed by atoms with Gasteiger partial charge in [-0.1, -0.05) is 13.3 Å². The molecule has 2 amide bonds. The lowest BCUT2D eigenvalue weighted by Gasteiger charge is -2.32. The molecule has 1 fully saturated rings. The summed E-state index contributed by atoms with van der Waals surface area (Å²) in [4.78, 5) is 32.9. The van der Waals surface area contributed by atoms with E-state index < -0.39 is 0 Å². The summed E-state index contributed by atoms with van der Waals surface area (Å²) < 4.78 is 0. The predicted molar refractivity (Wildman–Crippen MR) is 104 cm³/mol. The molecule has 26 heavy (non-hydrogen) atoms. The van der Waals surface area contributed by atoms with Crippen LogP contribution in [0.1, 0.15) is 51.0 Å². The maximum Gasteiger partial charge on any atom is 0.225 e. The van der Waals surface area contributed by atoms with Crippen LogP contribution < -0.4 is 0 Å². The van der Waals surface area contributed by atoms with Crippen LogP contribution in [0.3, 0.4) is 0 Å². The van der Waals surface area contributed by atoms with Crippen LogP contribution in [-0.2, 0) is 16.0 Å². The third kappa shape index (κ3) is 5.82. The molecule has 0 aliphatic heterocycles. The Morgan fingerprint density at radius 1 is 0.962 bits per heavy atom. The Kier molecular flexibility index (Phi) is 8.07. The first kappa shape index (κ1) is 20.4. The fraction of sp³-hybridized carbons (Fsp3) is 0.667. The minimum atomic E-state index is 0.0717. The minimum absolute atomic E-state index is 0.0717. The molecule has 0 bridgehead atoms. The van der Waals surface area contributed by atoms with Crippen molar-refractivity contribution >= 4 is 11.8 Å². The quantitative estimate of drug-likeness (QED) is 0.716. The van der Waals surface area contributed by atoms with Crippen LogP contribution in [0.2, 0.25) is 0 Å². The molecule has 1 aliphatic carbocycles. The molecule has 0 atom stereocenters. The zero-order chi connectivity index (χ0) is 18.9. The predicted octanol–water partition coefficient (Wildman–Crippen LogP) is 3.15. The lowest BCUT2D eigenvalue weighted by molar-refractivity contribution is -0.140. The molecule has 0 spiro atoms. The van der Waals surface area contributed by atoms with Crippen molar-refractivity contribution in [3.05, 3.63) is 30.1 Å². The Hall–Kier alpha value is -1.91. The van der Waals surface area contributed by atoms with Crippen LogP contribution >= 0.6 is 0 Å². The molecule has 0 N–H and O–H groups in total.